The van der Waals surface area contributed by atoms with E-state index in [1.807, 2.05) is 49.4 Å². The highest BCUT2D eigenvalue weighted by Gasteiger charge is 2.44. The standard InChI is InChI=1S/C17H14O3/c1-12-7-9-14(10-8-12)17(19)16(18)11-15(20-17)13-5-3-2-4-6-13/h2-11,19H,1H3. The molecule has 0 radical (unpaired) electrons. The van der Waals surface area contributed by atoms with Crippen molar-refractivity contribution >= 4 is 11.5 Å². The summed E-state index contributed by atoms with van der Waals surface area (Å²) in [4.78, 5) is 12.1. The van der Waals surface area contributed by atoms with Gasteiger partial charge in [-0.3, -0.25) is 4.79 Å². The van der Waals surface area contributed by atoms with Crippen molar-refractivity contribution in [2.75, 3.05) is 0 Å². The second kappa shape index (κ2) is 4.62. The summed E-state index contributed by atoms with van der Waals surface area (Å²) < 4.78 is 5.54. The van der Waals surface area contributed by atoms with Crippen LogP contribution in [0.15, 0.2) is 60.7 Å². The van der Waals surface area contributed by atoms with Crippen LogP contribution in [0.5, 0.6) is 0 Å². The predicted octanol–water partition coefficient (Wildman–Crippen LogP) is 2.78. The highest BCUT2D eigenvalue weighted by Crippen LogP contribution is 2.36. The minimum absolute atomic E-state index is 0.388. The van der Waals surface area contributed by atoms with Crippen LogP contribution in [0.2, 0.25) is 0 Å². The molecule has 3 heteroatoms. The summed E-state index contributed by atoms with van der Waals surface area (Å²) in [5.41, 5.74) is 2.26. The molecule has 2 aromatic rings. The lowest BCUT2D eigenvalue weighted by molar-refractivity contribution is -0.173. The van der Waals surface area contributed by atoms with E-state index in [4.69, 9.17) is 4.74 Å². The van der Waals surface area contributed by atoms with Crippen LogP contribution >= 0.6 is 0 Å². The Hall–Kier alpha value is -2.39. The summed E-state index contributed by atoms with van der Waals surface area (Å²) in [6.07, 6.45) is 1.34. The van der Waals surface area contributed by atoms with Crippen molar-refractivity contribution in [1.29, 1.82) is 0 Å². The van der Waals surface area contributed by atoms with Crippen LogP contribution in [0.25, 0.3) is 5.76 Å². The van der Waals surface area contributed by atoms with E-state index >= 15 is 0 Å². The minimum Gasteiger partial charge on any atom is -0.450 e. The van der Waals surface area contributed by atoms with Crippen molar-refractivity contribution < 1.29 is 14.6 Å². The molecule has 0 bridgehead atoms. The van der Waals surface area contributed by atoms with Crippen LogP contribution in [0.4, 0.5) is 0 Å². The average molecular weight is 266 g/mol. The first kappa shape index (κ1) is 12.6. The van der Waals surface area contributed by atoms with Gasteiger partial charge in [0.15, 0.2) is 0 Å². The van der Waals surface area contributed by atoms with E-state index in [1.165, 1.54) is 6.08 Å². The maximum atomic E-state index is 12.1. The lowest BCUT2D eigenvalue weighted by Gasteiger charge is -2.22. The predicted molar refractivity (Wildman–Crippen MR) is 75.6 cm³/mol. The second-order valence-electron chi connectivity index (χ2n) is 4.85. The number of aliphatic hydroxyl groups is 1. The average Bonchev–Trinajstić information content (AvgIpc) is 2.78. The van der Waals surface area contributed by atoms with Crippen LogP contribution in [0.3, 0.4) is 0 Å². The Morgan fingerprint density at radius 3 is 2.30 bits per heavy atom. The SMILES string of the molecule is Cc1ccc(C2(O)OC(c3ccccc3)=CC2=O)cc1. The first-order valence-corrected chi connectivity index (χ1v) is 6.40. The fourth-order valence-electron chi connectivity index (χ4n) is 2.18. The topological polar surface area (TPSA) is 46.5 Å². The van der Waals surface area contributed by atoms with Crippen molar-refractivity contribution in [1.82, 2.24) is 0 Å². The molecule has 3 nitrogen and oxygen atoms in total. The molecule has 0 saturated carbocycles. The summed E-state index contributed by atoms with van der Waals surface area (Å²) in [6, 6.07) is 16.3. The number of hydrogen-bond donors (Lipinski definition) is 1. The third-order valence-corrected chi connectivity index (χ3v) is 3.35. The molecule has 1 heterocycles. The molecule has 0 saturated heterocycles. The van der Waals surface area contributed by atoms with Gasteiger partial charge in [-0.15, -0.1) is 0 Å². The van der Waals surface area contributed by atoms with Crippen LogP contribution in [-0.4, -0.2) is 10.9 Å². The Morgan fingerprint density at radius 2 is 1.65 bits per heavy atom. The number of aryl methyl sites for hydroxylation is 1. The van der Waals surface area contributed by atoms with Crippen LogP contribution in [0, 0.1) is 6.92 Å². The van der Waals surface area contributed by atoms with Gasteiger partial charge >= 0.3 is 0 Å². The van der Waals surface area contributed by atoms with Crippen molar-refractivity contribution in [3.8, 4) is 0 Å². The zero-order valence-electron chi connectivity index (χ0n) is 11.0. The van der Waals surface area contributed by atoms with E-state index in [0.29, 0.717) is 11.3 Å². The summed E-state index contributed by atoms with van der Waals surface area (Å²) in [7, 11) is 0. The number of ether oxygens (including phenoxy) is 1. The molecule has 3 rings (SSSR count). The summed E-state index contributed by atoms with van der Waals surface area (Å²) in [5, 5.41) is 10.5. The molecule has 0 spiro atoms. The van der Waals surface area contributed by atoms with Gasteiger partial charge in [0.1, 0.15) is 5.76 Å². The van der Waals surface area contributed by atoms with E-state index in [9.17, 15) is 9.90 Å². The largest absolute Gasteiger partial charge is 0.450 e. The quantitative estimate of drug-likeness (QED) is 0.909. The van der Waals surface area contributed by atoms with Gasteiger partial charge in [-0.2, -0.15) is 0 Å². The molecule has 2 aromatic carbocycles. The summed E-state index contributed by atoms with van der Waals surface area (Å²) >= 11 is 0. The zero-order valence-corrected chi connectivity index (χ0v) is 11.0. The number of ketones is 1. The van der Waals surface area contributed by atoms with Crippen LogP contribution in [0.1, 0.15) is 16.7 Å². The van der Waals surface area contributed by atoms with Gasteiger partial charge in [0, 0.05) is 17.2 Å². The molecular weight excluding hydrogens is 252 g/mol. The minimum atomic E-state index is -1.92. The van der Waals surface area contributed by atoms with E-state index < -0.39 is 11.6 Å². The molecule has 0 fully saturated rings. The monoisotopic (exact) mass is 266 g/mol. The van der Waals surface area contributed by atoms with Crippen molar-refractivity contribution in [3.63, 3.8) is 0 Å². The van der Waals surface area contributed by atoms with Crippen LogP contribution in [-0.2, 0) is 15.3 Å². The molecule has 1 unspecified atom stereocenters. The van der Waals surface area contributed by atoms with Gasteiger partial charge in [-0.05, 0) is 6.92 Å². The molecule has 1 N–H and O–H groups in total. The summed E-state index contributed by atoms with van der Waals surface area (Å²) in [6.45, 7) is 1.94. The Morgan fingerprint density at radius 1 is 1.00 bits per heavy atom. The maximum Gasteiger partial charge on any atom is 0.299 e. The molecule has 20 heavy (non-hydrogen) atoms. The molecule has 0 aromatic heterocycles. The van der Waals surface area contributed by atoms with Crippen LogP contribution < -0.4 is 0 Å². The molecule has 100 valence electrons. The third-order valence-electron chi connectivity index (χ3n) is 3.35. The maximum absolute atomic E-state index is 12.1. The molecule has 1 aliphatic heterocycles. The van der Waals surface area contributed by atoms with Crippen molar-refractivity contribution in [2.24, 2.45) is 0 Å². The lowest BCUT2D eigenvalue weighted by Crippen LogP contribution is -2.32. The fraction of sp³-hybridized carbons (Fsp3) is 0.118. The normalized spacial score (nSPS) is 21.5. The fourth-order valence-corrected chi connectivity index (χ4v) is 2.18. The molecule has 0 aliphatic carbocycles. The van der Waals surface area contributed by atoms with Gasteiger partial charge in [-0.25, -0.2) is 0 Å². The Balaban J connectivity index is 1.95. The Kier molecular flexibility index (Phi) is 2.92. The van der Waals surface area contributed by atoms with Gasteiger partial charge in [-0.1, -0.05) is 60.2 Å². The van der Waals surface area contributed by atoms with Gasteiger partial charge in [0.05, 0.1) is 0 Å². The van der Waals surface area contributed by atoms with Gasteiger partial charge < -0.3 is 9.84 Å². The second-order valence-corrected chi connectivity index (χ2v) is 4.85. The van der Waals surface area contributed by atoms with E-state index in [2.05, 4.69) is 0 Å². The molecular formula is C17H14O3. The zero-order chi connectivity index (χ0) is 14.2. The number of hydrogen-bond acceptors (Lipinski definition) is 3. The van der Waals surface area contributed by atoms with E-state index in [-0.39, 0.29) is 0 Å². The smallest absolute Gasteiger partial charge is 0.299 e. The van der Waals surface area contributed by atoms with Crippen molar-refractivity contribution in [2.45, 2.75) is 12.7 Å². The van der Waals surface area contributed by atoms with E-state index in [1.54, 1.807) is 12.1 Å². The van der Waals surface area contributed by atoms with Gasteiger partial charge in [0.2, 0.25) is 5.78 Å². The molecule has 1 atom stereocenters. The highest BCUT2D eigenvalue weighted by molar-refractivity contribution is 6.04. The molecule has 0 amide bonds. The number of rotatable bonds is 2. The van der Waals surface area contributed by atoms with Crippen molar-refractivity contribution in [3.05, 3.63) is 77.4 Å². The summed E-state index contributed by atoms with van der Waals surface area (Å²) in [5.74, 6) is -1.99. The van der Waals surface area contributed by atoms with E-state index in [0.717, 1.165) is 11.1 Å². The highest BCUT2D eigenvalue weighted by atomic mass is 16.6. The number of benzene rings is 2. The molecule has 1 aliphatic rings. The Bertz CT molecular complexity index is 671. The Labute approximate surface area is 117 Å². The first-order valence-electron chi connectivity index (χ1n) is 6.40. The lowest BCUT2D eigenvalue weighted by atomic mass is 10.0. The third kappa shape index (κ3) is 2.02. The number of carbonyl (C=O) groups is 1. The number of carbonyl (C=O) groups excluding carboxylic acids is 1. The van der Waals surface area contributed by atoms with Gasteiger partial charge in [0.25, 0.3) is 5.79 Å². The first-order chi connectivity index (χ1) is 9.59.